The van der Waals surface area contributed by atoms with Crippen molar-refractivity contribution in [1.29, 1.82) is 0 Å². The summed E-state index contributed by atoms with van der Waals surface area (Å²) in [7, 11) is 0. The van der Waals surface area contributed by atoms with E-state index in [0.29, 0.717) is 11.1 Å². The van der Waals surface area contributed by atoms with E-state index in [1.165, 1.54) is 0 Å². The minimum Gasteiger partial charge on any atom is -0.298 e. The molecule has 26 heavy (non-hydrogen) atoms. The average molecular weight is 336 g/mol. The number of carbonyl (C=O) groups is 2. The Kier molecular flexibility index (Phi) is 3.06. The summed E-state index contributed by atoms with van der Waals surface area (Å²) in [5.41, 5.74) is 4.66. The molecule has 0 atom stereocenters. The highest BCUT2D eigenvalue weighted by molar-refractivity contribution is 6.10. The van der Waals surface area contributed by atoms with E-state index in [2.05, 4.69) is 0 Å². The van der Waals surface area contributed by atoms with Gasteiger partial charge in [-0.1, -0.05) is 6.07 Å². The maximum Gasteiger partial charge on any atom is 0.150 e. The lowest BCUT2D eigenvalue weighted by molar-refractivity contribution is 0.111. The van der Waals surface area contributed by atoms with Crippen LogP contribution in [0.2, 0.25) is 0 Å². The number of hydrogen-bond donors (Lipinski definition) is 0. The lowest BCUT2D eigenvalue weighted by Crippen LogP contribution is -1.90. The zero-order chi connectivity index (χ0) is 17.7. The third-order valence-electron chi connectivity index (χ3n) is 4.68. The number of nitrogens with zero attached hydrogens (tertiary/aromatic N) is 2. The van der Waals surface area contributed by atoms with E-state index in [1.807, 2.05) is 48.5 Å². The van der Waals surface area contributed by atoms with Crippen molar-refractivity contribution in [2.24, 2.45) is 0 Å². The fourth-order valence-electron chi connectivity index (χ4n) is 3.40. The van der Waals surface area contributed by atoms with Gasteiger partial charge in [-0.15, -0.1) is 0 Å². The standard InChI is InChI=1S/C22H12N2O2/c25-11-13-2-5-20-16(7-13)9-15-3-6-21-18(22(15)24-20)10-17-8-14(12-26)1-4-19(17)23-21/h1-12H. The first-order valence-electron chi connectivity index (χ1n) is 8.23. The molecule has 0 amide bonds. The number of benzene rings is 3. The van der Waals surface area contributed by atoms with E-state index in [0.717, 1.165) is 56.2 Å². The van der Waals surface area contributed by atoms with Crippen molar-refractivity contribution in [2.75, 3.05) is 0 Å². The van der Waals surface area contributed by atoms with E-state index >= 15 is 0 Å². The highest BCUT2D eigenvalue weighted by atomic mass is 16.1. The summed E-state index contributed by atoms with van der Waals surface area (Å²) in [6.07, 6.45) is 1.67. The summed E-state index contributed by atoms with van der Waals surface area (Å²) >= 11 is 0. The molecule has 0 bridgehead atoms. The molecule has 2 heterocycles. The molecule has 122 valence electrons. The summed E-state index contributed by atoms with van der Waals surface area (Å²) in [6.45, 7) is 0. The molecule has 0 spiro atoms. The van der Waals surface area contributed by atoms with Gasteiger partial charge in [0.2, 0.25) is 0 Å². The lowest BCUT2D eigenvalue weighted by Gasteiger charge is -2.07. The molecule has 0 saturated heterocycles. The molecule has 0 saturated carbocycles. The zero-order valence-electron chi connectivity index (χ0n) is 13.6. The minimum absolute atomic E-state index is 0.624. The lowest BCUT2D eigenvalue weighted by atomic mass is 10.0. The van der Waals surface area contributed by atoms with Crippen LogP contribution in [0.5, 0.6) is 0 Å². The van der Waals surface area contributed by atoms with Crippen molar-refractivity contribution in [2.45, 2.75) is 0 Å². The maximum absolute atomic E-state index is 11.1. The molecular formula is C22H12N2O2. The third-order valence-corrected chi connectivity index (χ3v) is 4.68. The predicted molar refractivity (Wildman–Crippen MR) is 103 cm³/mol. The second-order valence-electron chi connectivity index (χ2n) is 6.32. The largest absolute Gasteiger partial charge is 0.298 e. The van der Waals surface area contributed by atoms with Gasteiger partial charge < -0.3 is 0 Å². The van der Waals surface area contributed by atoms with E-state index in [9.17, 15) is 9.59 Å². The molecule has 5 rings (SSSR count). The van der Waals surface area contributed by atoms with Gasteiger partial charge in [0.15, 0.2) is 0 Å². The van der Waals surface area contributed by atoms with Crippen LogP contribution in [0.3, 0.4) is 0 Å². The fourth-order valence-corrected chi connectivity index (χ4v) is 3.40. The van der Waals surface area contributed by atoms with Crippen LogP contribution in [0, 0.1) is 0 Å². The smallest absolute Gasteiger partial charge is 0.150 e. The molecule has 0 fully saturated rings. The van der Waals surface area contributed by atoms with Gasteiger partial charge in [-0.25, -0.2) is 9.97 Å². The number of fused-ring (bicyclic) bond motifs is 5. The van der Waals surface area contributed by atoms with Crippen LogP contribution in [-0.4, -0.2) is 22.5 Å². The predicted octanol–water partition coefficient (Wildman–Crippen LogP) is 4.71. The van der Waals surface area contributed by atoms with Gasteiger partial charge >= 0.3 is 0 Å². The van der Waals surface area contributed by atoms with Crippen molar-refractivity contribution in [3.8, 4) is 0 Å². The van der Waals surface area contributed by atoms with Crippen molar-refractivity contribution < 1.29 is 9.59 Å². The second-order valence-corrected chi connectivity index (χ2v) is 6.32. The quantitative estimate of drug-likeness (QED) is 0.266. The molecule has 0 N–H and O–H groups in total. The van der Waals surface area contributed by atoms with Crippen molar-refractivity contribution >= 4 is 56.2 Å². The van der Waals surface area contributed by atoms with Gasteiger partial charge in [-0.05, 0) is 54.6 Å². The van der Waals surface area contributed by atoms with E-state index in [1.54, 1.807) is 12.1 Å². The highest BCUT2D eigenvalue weighted by Gasteiger charge is 2.08. The first-order valence-corrected chi connectivity index (χ1v) is 8.23. The van der Waals surface area contributed by atoms with Gasteiger partial charge in [-0.2, -0.15) is 0 Å². The molecule has 0 aliphatic rings. The van der Waals surface area contributed by atoms with Crippen molar-refractivity contribution in [3.05, 3.63) is 71.8 Å². The summed E-state index contributed by atoms with van der Waals surface area (Å²) in [5, 5.41) is 3.77. The number of aromatic nitrogens is 2. The Balaban J connectivity index is 1.89. The highest BCUT2D eigenvalue weighted by Crippen LogP contribution is 2.29. The van der Waals surface area contributed by atoms with Crippen LogP contribution in [0.25, 0.3) is 43.6 Å². The Morgan fingerprint density at radius 2 is 1.19 bits per heavy atom. The molecule has 5 aromatic rings. The van der Waals surface area contributed by atoms with Crippen LogP contribution in [0.4, 0.5) is 0 Å². The first-order chi connectivity index (χ1) is 12.7. The number of aldehydes is 2. The van der Waals surface area contributed by atoms with E-state index < -0.39 is 0 Å². The third kappa shape index (κ3) is 2.16. The molecule has 2 aromatic heterocycles. The van der Waals surface area contributed by atoms with Gasteiger partial charge in [-0.3, -0.25) is 9.59 Å². The molecule has 4 nitrogen and oxygen atoms in total. The molecule has 0 aliphatic heterocycles. The molecule has 3 aromatic carbocycles. The van der Waals surface area contributed by atoms with Crippen molar-refractivity contribution in [1.82, 2.24) is 9.97 Å². The Morgan fingerprint density at radius 1 is 0.577 bits per heavy atom. The first kappa shape index (κ1) is 14.7. The normalized spacial score (nSPS) is 11.4. The van der Waals surface area contributed by atoms with E-state index in [4.69, 9.17) is 9.97 Å². The maximum atomic E-state index is 11.1. The van der Waals surface area contributed by atoms with Gasteiger partial charge in [0.05, 0.1) is 22.1 Å². The summed E-state index contributed by atoms with van der Waals surface area (Å²) in [5.74, 6) is 0. The number of hydrogen-bond acceptors (Lipinski definition) is 4. The van der Waals surface area contributed by atoms with Crippen LogP contribution in [0.15, 0.2) is 60.7 Å². The van der Waals surface area contributed by atoms with Crippen LogP contribution in [0.1, 0.15) is 20.7 Å². The summed E-state index contributed by atoms with van der Waals surface area (Å²) < 4.78 is 0. The van der Waals surface area contributed by atoms with Gasteiger partial charge in [0.1, 0.15) is 12.6 Å². The van der Waals surface area contributed by atoms with Gasteiger partial charge in [0, 0.05) is 32.7 Å². The molecule has 0 radical (unpaired) electrons. The Bertz CT molecular complexity index is 1370. The molecule has 0 unspecified atom stereocenters. The Morgan fingerprint density at radius 3 is 1.88 bits per heavy atom. The summed E-state index contributed by atoms with van der Waals surface area (Å²) in [4.78, 5) is 31.6. The minimum atomic E-state index is 0.624. The van der Waals surface area contributed by atoms with E-state index in [-0.39, 0.29) is 0 Å². The van der Waals surface area contributed by atoms with Gasteiger partial charge in [0.25, 0.3) is 0 Å². The Labute approximate surface area is 148 Å². The molecule has 4 heteroatoms. The topological polar surface area (TPSA) is 59.9 Å². The summed E-state index contributed by atoms with van der Waals surface area (Å²) in [6, 6.07) is 19.0. The average Bonchev–Trinajstić information content (AvgIpc) is 2.70. The Hall–Kier alpha value is -3.66. The molecular weight excluding hydrogens is 324 g/mol. The SMILES string of the molecule is O=Cc1ccc2nc3ccc4cc5cc(C=O)ccc5nc4c3cc2c1. The second kappa shape index (κ2) is 5.43. The number of carbonyl (C=O) groups excluding carboxylic acids is 2. The van der Waals surface area contributed by atoms with Crippen LogP contribution in [-0.2, 0) is 0 Å². The van der Waals surface area contributed by atoms with Crippen molar-refractivity contribution in [3.63, 3.8) is 0 Å². The fraction of sp³-hybridized carbons (Fsp3) is 0. The van der Waals surface area contributed by atoms with Crippen LogP contribution < -0.4 is 0 Å². The number of pyridine rings is 2. The van der Waals surface area contributed by atoms with Crippen LogP contribution >= 0.6 is 0 Å². The monoisotopic (exact) mass is 336 g/mol. The number of rotatable bonds is 2. The molecule has 0 aliphatic carbocycles. The zero-order valence-corrected chi connectivity index (χ0v) is 13.6.